The van der Waals surface area contributed by atoms with Crippen LogP contribution in [0.4, 0.5) is 5.69 Å². The van der Waals surface area contributed by atoms with Gasteiger partial charge < -0.3 is 10.0 Å². The van der Waals surface area contributed by atoms with E-state index >= 15 is 0 Å². The number of nitrogens with zero attached hydrogens (tertiary/aromatic N) is 3. The highest BCUT2D eigenvalue weighted by atomic mass is 16.3. The van der Waals surface area contributed by atoms with Crippen LogP contribution in [-0.2, 0) is 6.54 Å². The first-order chi connectivity index (χ1) is 10.2. The second-order valence-corrected chi connectivity index (χ2v) is 4.96. The third-order valence-electron chi connectivity index (χ3n) is 3.33. The summed E-state index contributed by atoms with van der Waals surface area (Å²) < 4.78 is 0. The van der Waals surface area contributed by atoms with Gasteiger partial charge >= 0.3 is 0 Å². The molecule has 21 heavy (non-hydrogen) atoms. The number of anilines is 1. The first-order valence-corrected chi connectivity index (χ1v) is 6.99. The summed E-state index contributed by atoms with van der Waals surface area (Å²) in [7, 11) is 0. The van der Waals surface area contributed by atoms with Crippen LogP contribution >= 0.6 is 0 Å². The highest BCUT2D eigenvalue weighted by molar-refractivity contribution is 5.48. The molecule has 0 saturated heterocycles. The summed E-state index contributed by atoms with van der Waals surface area (Å²) in [6, 6.07) is 13.9. The molecule has 1 heterocycles. The van der Waals surface area contributed by atoms with Crippen LogP contribution in [0.5, 0.6) is 0 Å². The van der Waals surface area contributed by atoms with Crippen molar-refractivity contribution in [2.45, 2.75) is 26.0 Å². The van der Waals surface area contributed by atoms with Gasteiger partial charge in [0.15, 0.2) is 0 Å². The van der Waals surface area contributed by atoms with Gasteiger partial charge in [-0.1, -0.05) is 18.2 Å². The van der Waals surface area contributed by atoms with Crippen LogP contribution in [0, 0.1) is 11.3 Å². The van der Waals surface area contributed by atoms with Crippen molar-refractivity contribution < 1.29 is 5.11 Å². The van der Waals surface area contributed by atoms with Gasteiger partial charge in [0, 0.05) is 31.2 Å². The van der Waals surface area contributed by atoms with E-state index in [9.17, 15) is 5.11 Å². The van der Waals surface area contributed by atoms with Crippen molar-refractivity contribution in [1.29, 1.82) is 5.26 Å². The Morgan fingerprint density at radius 1 is 1.29 bits per heavy atom. The van der Waals surface area contributed by atoms with Gasteiger partial charge in [-0.25, -0.2) is 0 Å². The Kier molecular flexibility index (Phi) is 5.30. The van der Waals surface area contributed by atoms with Gasteiger partial charge in [0.05, 0.1) is 18.6 Å². The van der Waals surface area contributed by atoms with E-state index in [2.05, 4.69) is 16.0 Å². The molecule has 2 rings (SSSR count). The molecule has 1 aromatic heterocycles. The lowest BCUT2D eigenvalue weighted by atomic mass is 10.1. The first-order valence-electron chi connectivity index (χ1n) is 6.99. The van der Waals surface area contributed by atoms with E-state index in [1.165, 1.54) is 0 Å². The third-order valence-corrected chi connectivity index (χ3v) is 3.33. The number of hydrogen-bond acceptors (Lipinski definition) is 4. The van der Waals surface area contributed by atoms with E-state index in [0.29, 0.717) is 19.5 Å². The van der Waals surface area contributed by atoms with Crippen LogP contribution in [0.25, 0.3) is 0 Å². The molecule has 0 saturated carbocycles. The van der Waals surface area contributed by atoms with Gasteiger partial charge in [0.25, 0.3) is 0 Å². The number of rotatable bonds is 6. The van der Waals surface area contributed by atoms with Crippen LogP contribution in [0.1, 0.15) is 30.6 Å². The molecule has 2 aromatic rings. The molecule has 0 bridgehead atoms. The zero-order valence-electron chi connectivity index (χ0n) is 12.1. The number of aromatic nitrogens is 1. The van der Waals surface area contributed by atoms with Gasteiger partial charge in [-0.15, -0.1) is 0 Å². The van der Waals surface area contributed by atoms with Crippen molar-refractivity contribution in [2.24, 2.45) is 0 Å². The molecule has 1 atom stereocenters. The molecule has 0 fully saturated rings. The Balaban J connectivity index is 2.17. The molecule has 0 amide bonds. The number of aliphatic hydroxyl groups is 1. The van der Waals surface area contributed by atoms with E-state index in [1.807, 2.05) is 42.6 Å². The maximum Gasteiger partial charge on any atom is 0.0761 e. The standard InChI is InChI=1S/C17H19N3O/c1-14(21)16-5-7-17(8-6-16)20(11-3-9-18)13-15-4-2-10-19-12-15/h2,4-8,10,12,14,21H,3,11,13H2,1H3/t14-/m0/s1. The van der Waals surface area contributed by atoms with Crippen LogP contribution < -0.4 is 4.90 Å². The topological polar surface area (TPSA) is 60.1 Å². The Hall–Kier alpha value is -2.38. The summed E-state index contributed by atoms with van der Waals surface area (Å²) in [6.07, 6.45) is 3.59. The van der Waals surface area contributed by atoms with Gasteiger partial charge in [-0.05, 0) is 36.2 Å². The van der Waals surface area contributed by atoms with Crippen LogP contribution in [0.15, 0.2) is 48.8 Å². The molecule has 0 spiro atoms. The lowest BCUT2D eigenvalue weighted by Gasteiger charge is -2.24. The van der Waals surface area contributed by atoms with Crippen LogP contribution in [0.3, 0.4) is 0 Å². The average Bonchev–Trinajstić information content (AvgIpc) is 2.52. The van der Waals surface area contributed by atoms with E-state index in [-0.39, 0.29) is 0 Å². The molecule has 0 aliphatic rings. The minimum absolute atomic E-state index is 0.468. The van der Waals surface area contributed by atoms with Gasteiger partial charge in [0.2, 0.25) is 0 Å². The largest absolute Gasteiger partial charge is 0.389 e. The molecule has 0 unspecified atom stereocenters. The average molecular weight is 281 g/mol. The first kappa shape index (κ1) is 15.0. The third kappa shape index (κ3) is 4.30. The summed E-state index contributed by atoms with van der Waals surface area (Å²) in [4.78, 5) is 6.27. The Morgan fingerprint density at radius 2 is 2.05 bits per heavy atom. The lowest BCUT2D eigenvalue weighted by Crippen LogP contribution is -2.23. The fraction of sp³-hybridized carbons (Fsp3) is 0.294. The highest BCUT2D eigenvalue weighted by Gasteiger charge is 2.08. The van der Waals surface area contributed by atoms with Crippen molar-refractivity contribution in [3.8, 4) is 6.07 Å². The smallest absolute Gasteiger partial charge is 0.0761 e. The SMILES string of the molecule is C[C@H](O)c1ccc(N(CCC#N)Cc2cccnc2)cc1. The number of benzene rings is 1. The molecule has 0 aliphatic carbocycles. The van der Waals surface area contributed by atoms with E-state index in [0.717, 1.165) is 16.8 Å². The van der Waals surface area contributed by atoms with E-state index in [1.54, 1.807) is 13.1 Å². The fourth-order valence-electron chi connectivity index (χ4n) is 2.16. The van der Waals surface area contributed by atoms with Gasteiger partial charge in [-0.3, -0.25) is 4.98 Å². The molecular weight excluding hydrogens is 262 g/mol. The summed E-state index contributed by atoms with van der Waals surface area (Å²) in [5.41, 5.74) is 3.04. The van der Waals surface area contributed by atoms with Gasteiger partial charge in [0.1, 0.15) is 0 Å². The van der Waals surface area contributed by atoms with Crippen molar-refractivity contribution in [1.82, 2.24) is 4.98 Å². The Labute approximate surface area is 125 Å². The second kappa shape index (κ2) is 7.41. The van der Waals surface area contributed by atoms with E-state index in [4.69, 9.17) is 5.26 Å². The number of hydrogen-bond donors (Lipinski definition) is 1. The monoisotopic (exact) mass is 281 g/mol. The molecule has 4 heteroatoms. The molecular formula is C17H19N3O. The zero-order valence-corrected chi connectivity index (χ0v) is 12.1. The van der Waals surface area contributed by atoms with Crippen molar-refractivity contribution in [2.75, 3.05) is 11.4 Å². The summed E-state index contributed by atoms with van der Waals surface area (Å²) >= 11 is 0. The molecule has 0 radical (unpaired) electrons. The zero-order chi connectivity index (χ0) is 15.1. The summed E-state index contributed by atoms with van der Waals surface area (Å²) in [6.45, 7) is 3.13. The van der Waals surface area contributed by atoms with Crippen molar-refractivity contribution in [3.05, 3.63) is 59.9 Å². The van der Waals surface area contributed by atoms with Crippen LogP contribution in [0.2, 0.25) is 0 Å². The number of aliphatic hydroxyl groups excluding tert-OH is 1. The summed E-state index contributed by atoms with van der Waals surface area (Å²) in [5, 5.41) is 18.4. The van der Waals surface area contributed by atoms with E-state index < -0.39 is 6.10 Å². The fourth-order valence-corrected chi connectivity index (χ4v) is 2.16. The predicted octanol–water partition coefficient (Wildman–Crippen LogP) is 3.06. The maximum absolute atomic E-state index is 9.56. The van der Waals surface area contributed by atoms with Crippen molar-refractivity contribution in [3.63, 3.8) is 0 Å². The maximum atomic E-state index is 9.56. The quantitative estimate of drug-likeness (QED) is 0.884. The number of pyridine rings is 1. The minimum atomic E-state index is -0.468. The molecule has 4 nitrogen and oxygen atoms in total. The highest BCUT2D eigenvalue weighted by Crippen LogP contribution is 2.21. The Bertz CT molecular complexity index is 588. The summed E-state index contributed by atoms with van der Waals surface area (Å²) in [5.74, 6) is 0. The molecule has 0 aliphatic heterocycles. The van der Waals surface area contributed by atoms with Crippen molar-refractivity contribution >= 4 is 5.69 Å². The normalized spacial score (nSPS) is 11.7. The Morgan fingerprint density at radius 3 is 2.62 bits per heavy atom. The minimum Gasteiger partial charge on any atom is -0.389 e. The van der Waals surface area contributed by atoms with Gasteiger partial charge in [-0.2, -0.15) is 5.26 Å². The number of nitriles is 1. The molecule has 108 valence electrons. The van der Waals surface area contributed by atoms with Crippen LogP contribution in [-0.4, -0.2) is 16.6 Å². The predicted molar refractivity (Wildman–Crippen MR) is 82.6 cm³/mol. The molecule has 1 N–H and O–H groups in total. The second-order valence-electron chi connectivity index (χ2n) is 4.96. The molecule has 1 aromatic carbocycles. The lowest BCUT2D eigenvalue weighted by molar-refractivity contribution is 0.199.